The van der Waals surface area contributed by atoms with Crippen LogP contribution in [0.25, 0.3) is 0 Å². The summed E-state index contributed by atoms with van der Waals surface area (Å²) < 4.78 is 23.5. The average molecular weight is 211 g/mol. The van der Waals surface area contributed by atoms with Gasteiger partial charge in [0.05, 0.1) is 10.6 Å². The SMILES string of the molecule is Nc1ccc(S(=O)(=O)CC2CC2)cc1. The first-order chi connectivity index (χ1) is 6.58. The molecule has 0 heterocycles. The molecular formula is C10H13NO2S. The summed E-state index contributed by atoms with van der Waals surface area (Å²) in [5.74, 6) is 0.675. The van der Waals surface area contributed by atoms with Crippen LogP contribution in [0.1, 0.15) is 12.8 Å². The quantitative estimate of drug-likeness (QED) is 0.770. The fourth-order valence-electron chi connectivity index (χ4n) is 1.37. The Bertz CT molecular complexity index is 418. The van der Waals surface area contributed by atoms with E-state index in [1.54, 1.807) is 24.3 Å². The van der Waals surface area contributed by atoms with Gasteiger partial charge >= 0.3 is 0 Å². The van der Waals surface area contributed by atoms with Crippen LogP contribution in [-0.4, -0.2) is 14.2 Å². The number of anilines is 1. The number of nitrogens with two attached hydrogens (primary N) is 1. The fraction of sp³-hybridized carbons (Fsp3) is 0.400. The highest BCUT2D eigenvalue weighted by atomic mass is 32.2. The zero-order valence-corrected chi connectivity index (χ0v) is 8.63. The second-order valence-electron chi connectivity index (χ2n) is 3.79. The molecule has 0 atom stereocenters. The Morgan fingerprint density at radius 1 is 1.21 bits per heavy atom. The Kier molecular flexibility index (Phi) is 2.23. The van der Waals surface area contributed by atoms with Crippen molar-refractivity contribution < 1.29 is 8.42 Å². The van der Waals surface area contributed by atoms with Gasteiger partial charge in [0.2, 0.25) is 0 Å². The second kappa shape index (κ2) is 3.28. The Morgan fingerprint density at radius 3 is 2.29 bits per heavy atom. The summed E-state index contributed by atoms with van der Waals surface area (Å²) in [6.45, 7) is 0. The minimum Gasteiger partial charge on any atom is -0.399 e. The van der Waals surface area contributed by atoms with Crippen LogP contribution >= 0.6 is 0 Å². The van der Waals surface area contributed by atoms with Crippen molar-refractivity contribution in [1.82, 2.24) is 0 Å². The van der Waals surface area contributed by atoms with Gasteiger partial charge in [0.25, 0.3) is 0 Å². The van der Waals surface area contributed by atoms with Gasteiger partial charge in [-0.05, 0) is 43.0 Å². The molecule has 0 spiro atoms. The monoisotopic (exact) mass is 211 g/mol. The highest BCUT2D eigenvalue weighted by Gasteiger charge is 2.28. The largest absolute Gasteiger partial charge is 0.399 e. The summed E-state index contributed by atoms with van der Waals surface area (Å²) in [7, 11) is -3.07. The van der Waals surface area contributed by atoms with Crippen molar-refractivity contribution in [1.29, 1.82) is 0 Å². The number of benzene rings is 1. The molecule has 1 aromatic carbocycles. The van der Waals surface area contributed by atoms with Gasteiger partial charge in [0, 0.05) is 5.69 Å². The molecule has 1 saturated carbocycles. The van der Waals surface area contributed by atoms with E-state index in [9.17, 15) is 8.42 Å². The Hall–Kier alpha value is -1.03. The third-order valence-electron chi connectivity index (χ3n) is 2.39. The Balaban J connectivity index is 2.24. The van der Waals surface area contributed by atoms with Crippen LogP contribution in [0.4, 0.5) is 5.69 Å². The predicted molar refractivity (Wildman–Crippen MR) is 55.6 cm³/mol. The van der Waals surface area contributed by atoms with E-state index in [-0.39, 0.29) is 5.75 Å². The van der Waals surface area contributed by atoms with Crippen LogP contribution in [0.3, 0.4) is 0 Å². The molecule has 0 aliphatic heterocycles. The van der Waals surface area contributed by atoms with Gasteiger partial charge in [0.15, 0.2) is 9.84 Å². The van der Waals surface area contributed by atoms with Crippen LogP contribution in [0.15, 0.2) is 29.2 Å². The molecule has 1 aromatic rings. The van der Waals surface area contributed by atoms with Gasteiger partial charge in [-0.25, -0.2) is 8.42 Å². The molecule has 3 nitrogen and oxygen atoms in total. The molecule has 0 bridgehead atoms. The maximum absolute atomic E-state index is 11.8. The number of nitrogen functional groups attached to an aromatic ring is 1. The third kappa shape index (κ3) is 2.07. The lowest BCUT2D eigenvalue weighted by atomic mass is 10.3. The number of sulfone groups is 1. The number of rotatable bonds is 3. The standard InChI is InChI=1S/C10H13NO2S/c11-9-3-5-10(6-4-9)14(12,13)7-8-1-2-8/h3-6,8H,1-2,7,11H2. The first kappa shape index (κ1) is 9.52. The average Bonchev–Trinajstić information content (AvgIpc) is 2.88. The lowest BCUT2D eigenvalue weighted by Crippen LogP contribution is -2.08. The van der Waals surface area contributed by atoms with E-state index in [4.69, 9.17) is 5.73 Å². The van der Waals surface area contributed by atoms with E-state index < -0.39 is 9.84 Å². The van der Waals surface area contributed by atoms with E-state index in [1.165, 1.54) is 0 Å². The van der Waals surface area contributed by atoms with Crippen molar-refractivity contribution in [3.8, 4) is 0 Å². The highest BCUT2D eigenvalue weighted by molar-refractivity contribution is 7.91. The summed E-state index contributed by atoms with van der Waals surface area (Å²) in [5, 5.41) is 0. The molecule has 0 saturated heterocycles. The van der Waals surface area contributed by atoms with Gasteiger partial charge in [-0.3, -0.25) is 0 Å². The fourth-order valence-corrected chi connectivity index (χ4v) is 3.06. The first-order valence-electron chi connectivity index (χ1n) is 4.66. The minimum atomic E-state index is -3.07. The third-order valence-corrected chi connectivity index (χ3v) is 4.29. The molecule has 1 aliphatic rings. The summed E-state index contributed by atoms with van der Waals surface area (Å²) in [5.41, 5.74) is 6.08. The molecule has 14 heavy (non-hydrogen) atoms. The van der Waals surface area contributed by atoms with Crippen molar-refractivity contribution in [3.63, 3.8) is 0 Å². The normalized spacial score (nSPS) is 16.9. The van der Waals surface area contributed by atoms with E-state index in [2.05, 4.69) is 0 Å². The molecule has 2 N–H and O–H groups in total. The van der Waals surface area contributed by atoms with E-state index in [1.807, 2.05) is 0 Å². The zero-order chi connectivity index (χ0) is 10.2. The topological polar surface area (TPSA) is 60.2 Å². The molecular weight excluding hydrogens is 198 g/mol. The predicted octanol–water partition coefficient (Wildman–Crippen LogP) is 1.45. The van der Waals surface area contributed by atoms with Crippen LogP contribution in [0.2, 0.25) is 0 Å². The molecule has 76 valence electrons. The van der Waals surface area contributed by atoms with Crippen molar-refractivity contribution in [3.05, 3.63) is 24.3 Å². The van der Waals surface area contributed by atoms with Crippen LogP contribution in [-0.2, 0) is 9.84 Å². The number of hydrogen-bond acceptors (Lipinski definition) is 3. The highest BCUT2D eigenvalue weighted by Crippen LogP contribution is 2.32. The van der Waals surface area contributed by atoms with Gasteiger partial charge in [-0.2, -0.15) is 0 Å². The Morgan fingerprint density at radius 2 is 1.79 bits per heavy atom. The summed E-state index contributed by atoms with van der Waals surface area (Å²) in [6.07, 6.45) is 2.10. The lowest BCUT2D eigenvalue weighted by Gasteiger charge is -2.03. The van der Waals surface area contributed by atoms with Gasteiger partial charge in [0.1, 0.15) is 0 Å². The van der Waals surface area contributed by atoms with Crippen molar-refractivity contribution >= 4 is 15.5 Å². The molecule has 1 fully saturated rings. The van der Waals surface area contributed by atoms with Gasteiger partial charge in [-0.1, -0.05) is 0 Å². The summed E-state index contributed by atoms with van der Waals surface area (Å²) in [6, 6.07) is 6.40. The molecule has 2 rings (SSSR count). The molecule has 0 unspecified atom stereocenters. The molecule has 0 aromatic heterocycles. The van der Waals surface area contributed by atoms with Crippen LogP contribution in [0, 0.1) is 5.92 Å². The Labute approximate surface area is 83.9 Å². The maximum atomic E-state index is 11.8. The minimum absolute atomic E-state index is 0.289. The van der Waals surface area contributed by atoms with Crippen molar-refractivity contribution in [2.75, 3.05) is 11.5 Å². The molecule has 0 radical (unpaired) electrons. The van der Waals surface area contributed by atoms with Crippen LogP contribution < -0.4 is 5.73 Å². The zero-order valence-electron chi connectivity index (χ0n) is 7.81. The van der Waals surface area contributed by atoms with Crippen molar-refractivity contribution in [2.24, 2.45) is 5.92 Å². The smallest absolute Gasteiger partial charge is 0.178 e. The van der Waals surface area contributed by atoms with Gasteiger partial charge in [-0.15, -0.1) is 0 Å². The first-order valence-corrected chi connectivity index (χ1v) is 6.31. The summed E-state index contributed by atoms with van der Waals surface area (Å²) in [4.78, 5) is 0.388. The van der Waals surface area contributed by atoms with E-state index in [0.717, 1.165) is 12.8 Å². The van der Waals surface area contributed by atoms with Crippen LogP contribution in [0.5, 0.6) is 0 Å². The number of hydrogen-bond donors (Lipinski definition) is 1. The van der Waals surface area contributed by atoms with E-state index in [0.29, 0.717) is 16.5 Å². The lowest BCUT2D eigenvalue weighted by molar-refractivity contribution is 0.592. The maximum Gasteiger partial charge on any atom is 0.178 e. The van der Waals surface area contributed by atoms with E-state index >= 15 is 0 Å². The van der Waals surface area contributed by atoms with Crippen molar-refractivity contribution in [2.45, 2.75) is 17.7 Å². The van der Waals surface area contributed by atoms with Gasteiger partial charge < -0.3 is 5.73 Å². The second-order valence-corrected chi connectivity index (χ2v) is 5.83. The molecule has 4 heteroatoms. The molecule has 1 aliphatic carbocycles. The summed E-state index contributed by atoms with van der Waals surface area (Å²) >= 11 is 0. The molecule has 0 amide bonds.